The fourth-order valence-corrected chi connectivity index (χ4v) is 11.3. The molecule has 0 aliphatic rings. The molecule has 11 rings (SSSR count). The summed E-state index contributed by atoms with van der Waals surface area (Å²) in [6.45, 7) is 0. The summed E-state index contributed by atoms with van der Waals surface area (Å²) in [6.07, 6.45) is 1.85. The second-order valence-corrected chi connectivity index (χ2v) is 18.2. The standard InChI is InChI=1S/C57H38NOP/c59-60(51-15-3-1-4-16-51,52-17-5-2-6-18-52)57-32-29-49(38-58-57)42-21-19-41(20-22-42)45-25-26-46-36-55-53(47-27-23-39-11-7-9-13-43(39)33-47)30-31-54(56(55)37-50(46)35-45)48-28-24-40-12-8-10-14-44(40)34-48/h1-38H. The zero-order chi connectivity index (χ0) is 40.0. The lowest BCUT2D eigenvalue weighted by atomic mass is 9.88. The molecular weight excluding hydrogens is 746 g/mol. The van der Waals surface area contributed by atoms with E-state index in [0.29, 0.717) is 5.44 Å². The summed E-state index contributed by atoms with van der Waals surface area (Å²) in [5.74, 6) is 0. The largest absolute Gasteiger partial charge is 0.307 e. The number of pyridine rings is 1. The Morgan fingerprint density at radius 2 is 0.700 bits per heavy atom. The van der Waals surface area contributed by atoms with Gasteiger partial charge in [-0.3, -0.25) is 4.98 Å². The highest BCUT2D eigenvalue weighted by atomic mass is 31.2. The molecule has 0 fully saturated rings. The lowest BCUT2D eigenvalue weighted by molar-refractivity contribution is 0.592. The van der Waals surface area contributed by atoms with Crippen molar-refractivity contribution in [2.24, 2.45) is 0 Å². The lowest BCUT2D eigenvalue weighted by Gasteiger charge is -2.19. The predicted molar refractivity (Wildman–Crippen MR) is 255 cm³/mol. The van der Waals surface area contributed by atoms with E-state index in [1.807, 2.05) is 79.0 Å². The molecule has 1 aromatic heterocycles. The molecular formula is C57H38NOP. The van der Waals surface area contributed by atoms with Gasteiger partial charge in [-0.1, -0.05) is 188 Å². The Morgan fingerprint density at radius 3 is 1.23 bits per heavy atom. The van der Waals surface area contributed by atoms with Gasteiger partial charge in [-0.15, -0.1) is 0 Å². The maximum Gasteiger partial charge on any atom is 0.188 e. The smallest absolute Gasteiger partial charge is 0.188 e. The second kappa shape index (κ2) is 14.8. The van der Waals surface area contributed by atoms with Crippen LogP contribution >= 0.6 is 7.14 Å². The molecule has 1 heterocycles. The van der Waals surface area contributed by atoms with Crippen LogP contribution in [0.5, 0.6) is 0 Å². The molecule has 3 heteroatoms. The van der Waals surface area contributed by atoms with E-state index >= 15 is 0 Å². The Bertz CT molecular complexity index is 3390. The minimum Gasteiger partial charge on any atom is -0.307 e. The van der Waals surface area contributed by atoms with Crippen molar-refractivity contribution in [2.75, 3.05) is 0 Å². The van der Waals surface area contributed by atoms with Crippen molar-refractivity contribution in [1.29, 1.82) is 0 Å². The average molecular weight is 784 g/mol. The Labute approximate surface area is 349 Å². The van der Waals surface area contributed by atoms with Crippen molar-refractivity contribution >= 4 is 66.3 Å². The van der Waals surface area contributed by atoms with Gasteiger partial charge in [0.15, 0.2) is 7.14 Å². The van der Waals surface area contributed by atoms with Crippen LogP contribution in [0.25, 0.3) is 87.6 Å². The number of fused-ring (bicyclic) bond motifs is 4. The van der Waals surface area contributed by atoms with Gasteiger partial charge in [-0.05, 0) is 118 Å². The number of aromatic nitrogens is 1. The van der Waals surface area contributed by atoms with Gasteiger partial charge in [0, 0.05) is 22.4 Å². The van der Waals surface area contributed by atoms with Crippen LogP contribution in [0.3, 0.4) is 0 Å². The fraction of sp³-hybridized carbons (Fsp3) is 0. The molecule has 0 bridgehead atoms. The van der Waals surface area contributed by atoms with Crippen LogP contribution in [0, 0.1) is 0 Å². The molecule has 60 heavy (non-hydrogen) atoms. The van der Waals surface area contributed by atoms with Gasteiger partial charge in [0.05, 0.1) is 0 Å². The van der Waals surface area contributed by atoms with Gasteiger partial charge >= 0.3 is 0 Å². The third kappa shape index (κ3) is 6.30. The first kappa shape index (κ1) is 35.8. The second-order valence-electron chi connectivity index (χ2n) is 15.5. The van der Waals surface area contributed by atoms with E-state index < -0.39 is 7.14 Å². The zero-order valence-corrected chi connectivity index (χ0v) is 33.6. The third-order valence-corrected chi connectivity index (χ3v) is 14.9. The lowest BCUT2D eigenvalue weighted by Crippen LogP contribution is -2.26. The summed E-state index contributed by atoms with van der Waals surface area (Å²) in [5, 5.41) is 11.4. The number of benzene rings is 10. The zero-order valence-electron chi connectivity index (χ0n) is 32.7. The highest BCUT2D eigenvalue weighted by Crippen LogP contribution is 2.43. The van der Waals surface area contributed by atoms with Crippen LogP contribution in [-0.4, -0.2) is 4.98 Å². The minimum atomic E-state index is -3.14. The van der Waals surface area contributed by atoms with Gasteiger partial charge in [-0.2, -0.15) is 0 Å². The molecule has 282 valence electrons. The molecule has 11 aromatic rings. The third-order valence-electron chi connectivity index (χ3n) is 12.0. The first-order chi connectivity index (χ1) is 29.6. The molecule has 0 spiro atoms. The summed E-state index contributed by atoms with van der Waals surface area (Å²) in [5.41, 5.74) is 9.79. The number of hydrogen-bond donors (Lipinski definition) is 0. The number of rotatable bonds is 7. The Hall–Kier alpha value is -7.38. The molecule has 0 radical (unpaired) electrons. The normalized spacial score (nSPS) is 11.7. The molecule has 0 amide bonds. The number of hydrogen-bond acceptors (Lipinski definition) is 2. The summed E-state index contributed by atoms with van der Waals surface area (Å²) in [6, 6.07) is 78.9. The Morgan fingerprint density at radius 1 is 0.300 bits per heavy atom. The highest BCUT2D eigenvalue weighted by molar-refractivity contribution is 7.85. The molecule has 0 unspecified atom stereocenters. The predicted octanol–water partition coefficient (Wildman–Crippen LogP) is 14.0. The van der Waals surface area contributed by atoms with E-state index in [1.54, 1.807) is 0 Å². The summed E-state index contributed by atoms with van der Waals surface area (Å²) in [4.78, 5) is 4.84. The molecule has 0 aliphatic heterocycles. The maximum absolute atomic E-state index is 14.8. The Kier molecular flexibility index (Phi) is 8.80. The van der Waals surface area contributed by atoms with E-state index in [0.717, 1.165) is 32.9 Å². The van der Waals surface area contributed by atoms with E-state index in [4.69, 9.17) is 4.98 Å². The topological polar surface area (TPSA) is 30.0 Å². The highest BCUT2D eigenvalue weighted by Gasteiger charge is 2.31. The maximum atomic E-state index is 14.8. The molecule has 0 saturated carbocycles. The SMILES string of the molecule is O=P(c1ccccc1)(c1ccccc1)c1ccc(-c2ccc(-c3ccc4cc5c(-c6ccc7ccccc7c6)ccc(-c6ccc7ccccc7c6)c5cc4c3)cc2)cn1. The van der Waals surface area contributed by atoms with Crippen molar-refractivity contribution in [3.8, 4) is 44.5 Å². The van der Waals surface area contributed by atoms with Gasteiger partial charge in [-0.25, -0.2) is 0 Å². The molecule has 0 N–H and O–H groups in total. The first-order valence-corrected chi connectivity index (χ1v) is 22.1. The van der Waals surface area contributed by atoms with Crippen LogP contribution in [0.4, 0.5) is 0 Å². The van der Waals surface area contributed by atoms with Crippen LogP contribution in [0.2, 0.25) is 0 Å². The van der Waals surface area contributed by atoms with E-state index in [2.05, 4.69) is 152 Å². The van der Waals surface area contributed by atoms with E-state index in [9.17, 15) is 4.57 Å². The molecule has 2 nitrogen and oxygen atoms in total. The molecule has 0 saturated heterocycles. The molecule has 0 atom stereocenters. The van der Waals surface area contributed by atoms with Crippen LogP contribution < -0.4 is 16.0 Å². The molecule has 0 aliphatic carbocycles. The van der Waals surface area contributed by atoms with E-state index in [-0.39, 0.29) is 0 Å². The van der Waals surface area contributed by atoms with Crippen molar-refractivity contribution in [3.05, 3.63) is 231 Å². The first-order valence-electron chi connectivity index (χ1n) is 20.4. The van der Waals surface area contributed by atoms with Crippen molar-refractivity contribution in [2.45, 2.75) is 0 Å². The van der Waals surface area contributed by atoms with Gasteiger partial charge in [0.2, 0.25) is 0 Å². The average Bonchev–Trinajstić information content (AvgIpc) is 3.33. The van der Waals surface area contributed by atoms with Gasteiger partial charge < -0.3 is 4.57 Å². The minimum absolute atomic E-state index is 0.581. The van der Waals surface area contributed by atoms with Gasteiger partial charge in [0.25, 0.3) is 0 Å². The van der Waals surface area contributed by atoms with Crippen LogP contribution in [-0.2, 0) is 4.57 Å². The molecule has 10 aromatic carbocycles. The van der Waals surface area contributed by atoms with Crippen LogP contribution in [0.1, 0.15) is 0 Å². The van der Waals surface area contributed by atoms with Crippen LogP contribution in [0.15, 0.2) is 231 Å². The monoisotopic (exact) mass is 783 g/mol. The fourth-order valence-electron chi connectivity index (χ4n) is 8.77. The Balaban J connectivity index is 0.967. The van der Waals surface area contributed by atoms with Crippen molar-refractivity contribution < 1.29 is 4.57 Å². The van der Waals surface area contributed by atoms with Crippen molar-refractivity contribution in [1.82, 2.24) is 4.98 Å². The summed E-state index contributed by atoms with van der Waals surface area (Å²) in [7, 11) is -3.14. The quantitative estimate of drug-likeness (QED) is 0.119. The van der Waals surface area contributed by atoms with Gasteiger partial charge in [0.1, 0.15) is 5.44 Å². The number of nitrogens with zero attached hydrogens (tertiary/aromatic N) is 1. The van der Waals surface area contributed by atoms with E-state index in [1.165, 1.54) is 65.3 Å². The summed E-state index contributed by atoms with van der Waals surface area (Å²) >= 11 is 0. The summed E-state index contributed by atoms with van der Waals surface area (Å²) < 4.78 is 14.8. The van der Waals surface area contributed by atoms with Crippen molar-refractivity contribution in [3.63, 3.8) is 0 Å².